The summed E-state index contributed by atoms with van der Waals surface area (Å²) in [5.41, 5.74) is 8.40. The molecule has 0 aliphatic heterocycles. The van der Waals surface area contributed by atoms with Gasteiger partial charge in [0.25, 0.3) is 0 Å². The maximum Gasteiger partial charge on any atom is 0.144 e. The predicted octanol–water partition coefficient (Wildman–Crippen LogP) is 8.67. The molecule has 0 amide bonds. The van der Waals surface area contributed by atoms with E-state index in [1.165, 1.54) is 11.1 Å². The molecule has 0 unspecified atom stereocenters. The molecule has 0 saturated carbocycles. The van der Waals surface area contributed by atoms with E-state index in [2.05, 4.69) is 104 Å². The van der Waals surface area contributed by atoms with E-state index in [0.29, 0.717) is 5.69 Å². The van der Waals surface area contributed by atoms with Crippen molar-refractivity contribution < 1.29 is 5.79 Å². The molecule has 0 N–H and O–H groups in total. The summed E-state index contributed by atoms with van der Waals surface area (Å²) in [6.07, 6.45) is 0.212. The zero-order chi connectivity index (χ0) is 24.9. The molecule has 6 aromatic rings. The molecular weight excluding hydrogens is 428 g/mol. The number of para-hydroxylation sites is 2. The molecule has 170 valence electrons. The first-order valence-corrected chi connectivity index (χ1v) is 11.9. The van der Waals surface area contributed by atoms with E-state index in [9.17, 15) is 0 Å². The quantitative estimate of drug-likeness (QED) is 0.268. The summed E-state index contributed by atoms with van der Waals surface area (Å²) in [6, 6.07) is 33.4. The monoisotopic (exact) mass is 455 g/mol. The summed E-state index contributed by atoms with van der Waals surface area (Å²) in [6.45, 7) is 6.26. The molecule has 0 spiro atoms. The van der Waals surface area contributed by atoms with E-state index in [-0.39, 0.29) is 11.6 Å². The highest BCUT2D eigenvalue weighted by Gasteiger charge is 2.19. The third kappa shape index (κ3) is 3.79. The van der Waals surface area contributed by atoms with Crippen molar-refractivity contribution in [2.45, 2.75) is 26.2 Å². The molecule has 2 aromatic heterocycles. The Morgan fingerprint density at radius 1 is 0.657 bits per heavy atom. The molecule has 2 heterocycles. The molecule has 4 aromatic carbocycles. The molecule has 0 fully saturated rings. The highest BCUT2D eigenvalue weighted by molar-refractivity contribution is 6.12. The minimum Gasteiger partial charge on any atom is -0.455 e. The van der Waals surface area contributed by atoms with Crippen LogP contribution in [0.15, 0.2) is 108 Å². The van der Waals surface area contributed by atoms with E-state index in [4.69, 9.17) is 5.79 Å². The lowest BCUT2D eigenvalue weighted by molar-refractivity contribution is 0.585. The van der Waals surface area contributed by atoms with Crippen LogP contribution < -0.4 is 0 Å². The van der Waals surface area contributed by atoms with Crippen LogP contribution in [0.4, 0.5) is 0 Å². The van der Waals surface area contributed by atoms with Crippen LogP contribution in [0.2, 0.25) is 0 Å². The highest BCUT2D eigenvalue weighted by atomic mass is 16.3. The summed E-state index contributed by atoms with van der Waals surface area (Å²) in [5.74, 6) is 0. The van der Waals surface area contributed by atoms with Crippen LogP contribution in [0.25, 0.3) is 55.4 Å². The molecular formula is C32H26N2O. The van der Waals surface area contributed by atoms with E-state index in [0.717, 1.165) is 44.2 Å². The first kappa shape index (κ1) is 20.2. The first-order valence-electron chi connectivity index (χ1n) is 12.4. The fraction of sp³-hybridized carbons (Fsp3) is 0.125. The number of nitrogens with zero attached hydrogens (tertiary/aromatic N) is 2. The summed E-state index contributed by atoms with van der Waals surface area (Å²) in [7, 11) is 0. The Bertz CT molecular complexity index is 1730. The summed E-state index contributed by atoms with van der Waals surface area (Å²) in [5, 5.41) is 10.6. The zero-order valence-electron chi connectivity index (χ0n) is 21.0. The van der Waals surface area contributed by atoms with Crippen molar-refractivity contribution in [2.75, 3.05) is 0 Å². The Morgan fingerprint density at radius 3 is 2.03 bits per heavy atom. The predicted molar refractivity (Wildman–Crippen MR) is 144 cm³/mol. The van der Waals surface area contributed by atoms with Crippen molar-refractivity contribution >= 4 is 21.9 Å². The molecule has 0 radical (unpaired) electrons. The van der Waals surface area contributed by atoms with Crippen molar-refractivity contribution in [1.82, 2.24) is 10.2 Å². The Balaban J connectivity index is 1.55. The SMILES string of the molecule is [2H]c1nnc(-c2cccc3c2oc2c(-c4cccc(-c5ccccc5)c4)cccc23)cc1C(C)(C)C. The van der Waals surface area contributed by atoms with Crippen molar-refractivity contribution in [1.29, 1.82) is 0 Å². The van der Waals surface area contributed by atoms with E-state index >= 15 is 0 Å². The summed E-state index contributed by atoms with van der Waals surface area (Å²) < 4.78 is 14.9. The Kier molecular flexibility index (Phi) is 4.73. The standard InChI is InChI=1S/C32H26N2O/c1-32(2,3)24-19-29(34-33-20-24)28-17-9-16-27-26-15-8-14-25(30(26)35-31(27)28)23-13-7-12-22(18-23)21-10-5-4-6-11-21/h4-20H,1-3H3/i20D. The molecule has 0 aliphatic carbocycles. The van der Waals surface area contributed by atoms with Crippen LogP contribution in [-0.4, -0.2) is 10.2 Å². The fourth-order valence-electron chi connectivity index (χ4n) is 4.59. The Labute approximate surface area is 206 Å². The van der Waals surface area contributed by atoms with Gasteiger partial charge in [0, 0.05) is 21.9 Å². The van der Waals surface area contributed by atoms with E-state index < -0.39 is 0 Å². The van der Waals surface area contributed by atoms with Gasteiger partial charge < -0.3 is 4.42 Å². The second-order valence-electron chi connectivity index (χ2n) is 9.92. The molecule has 3 nitrogen and oxygen atoms in total. The normalized spacial score (nSPS) is 12.3. The van der Waals surface area contributed by atoms with Gasteiger partial charge in [0.15, 0.2) is 0 Å². The number of furan rings is 1. The average Bonchev–Trinajstić information content (AvgIpc) is 3.28. The largest absolute Gasteiger partial charge is 0.455 e. The third-order valence-electron chi connectivity index (χ3n) is 6.50. The number of rotatable bonds is 3. The topological polar surface area (TPSA) is 38.9 Å². The molecule has 0 saturated heterocycles. The lowest BCUT2D eigenvalue weighted by Gasteiger charge is -2.18. The van der Waals surface area contributed by atoms with Crippen molar-refractivity contribution in [3.8, 4) is 33.5 Å². The number of aromatic nitrogens is 2. The minimum absolute atomic E-state index is 0.208. The van der Waals surface area contributed by atoms with Gasteiger partial charge in [-0.2, -0.15) is 10.2 Å². The highest BCUT2D eigenvalue weighted by Crippen LogP contribution is 2.40. The minimum atomic E-state index is -0.208. The van der Waals surface area contributed by atoms with Crippen LogP contribution >= 0.6 is 0 Å². The van der Waals surface area contributed by atoms with Crippen LogP contribution in [0.3, 0.4) is 0 Å². The van der Waals surface area contributed by atoms with Crippen LogP contribution in [0.1, 0.15) is 27.7 Å². The van der Waals surface area contributed by atoms with Gasteiger partial charge in [-0.15, -0.1) is 0 Å². The smallest absolute Gasteiger partial charge is 0.144 e. The van der Waals surface area contributed by atoms with Gasteiger partial charge in [-0.1, -0.05) is 99.6 Å². The van der Waals surface area contributed by atoms with Crippen LogP contribution in [-0.2, 0) is 5.41 Å². The summed E-state index contributed by atoms with van der Waals surface area (Å²) >= 11 is 0. The van der Waals surface area contributed by atoms with Crippen molar-refractivity contribution in [3.05, 3.63) is 109 Å². The zero-order valence-corrected chi connectivity index (χ0v) is 20.0. The number of hydrogen-bond acceptors (Lipinski definition) is 3. The first-order chi connectivity index (χ1) is 17.4. The third-order valence-corrected chi connectivity index (χ3v) is 6.50. The maximum atomic E-state index is 8.24. The molecule has 6 rings (SSSR count). The van der Waals surface area contributed by atoms with Gasteiger partial charge in [-0.05, 0) is 45.9 Å². The molecule has 0 aliphatic rings. The molecule has 35 heavy (non-hydrogen) atoms. The van der Waals surface area contributed by atoms with Crippen molar-refractivity contribution in [3.63, 3.8) is 0 Å². The molecule has 3 heteroatoms. The molecule has 0 bridgehead atoms. The van der Waals surface area contributed by atoms with E-state index in [1.807, 2.05) is 24.3 Å². The van der Waals surface area contributed by atoms with Crippen LogP contribution in [0, 0.1) is 0 Å². The summed E-state index contributed by atoms with van der Waals surface area (Å²) in [4.78, 5) is 0. The van der Waals surface area contributed by atoms with Gasteiger partial charge in [0.05, 0.1) is 13.2 Å². The van der Waals surface area contributed by atoms with Gasteiger partial charge in [-0.25, -0.2) is 0 Å². The lowest BCUT2D eigenvalue weighted by atomic mass is 9.88. The Hall–Kier alpha value is -4.24. The van der Waals surface area contributed by atoms with Crippen LogP contribution in [0.5, 0.6) is 0 Å². The number of fused-ring (bicyclic) bond motifs is 3. The van der Waals surface area contributed by atoms with Crippen molar-refractivity contribution in [2.24, 2.45) is 0 Å². The van der Waals surface area contributed by atoms with Gasteiger partial charge in [0.1, 0.15) is 11.2 Å². The fourth-order valence-corrected chi connectivity index (χ4v) is 4.59. The second-order valence-corrected chi connectivity index (χ2v) is 9.92. The lowest BCUT2D eigenvalue weighted by Crippen LogP contribution is -2.12. The number of benzene rings is 4. The number of hydrogen-bond donors (Lipinski definition) is 0. The Morgan fingerprint density at radius 2 is 1.29 bits per heavy atom. The van der Waals surface area contributed by atoms with Gasteiger partial charge >= 0.3 is 0 Å². The molecule has 0 atom stereocenters. The average molecular weight is 456 g/mol. The second kappa shape index (κ2) is 8.21. The van der Waals surface area contributed by atoms with Gasteiger partial charge in [0.2, 0.25) is 0 Å². The maximum absolute atomic E-state index is 8.24. The van der Waals surface area contributed by atoms with Gasteiger partial charge in [-0.3, -0.25) is 0 Å². The van der Waals surface area contributed by atoms with E-state index in [1.54, 1.807) is 0 Å².